The van der Waals surface area contributed by atoms with Crippen molar-refractivity contribution in [2.24, 2.45) is 13.0 Å². The first-order valence-electron chi connectivity index (χ1n) is 6.97. The molecule has 108 valence electrons. The Bertz CT molecular complexity index is 521. The summed E-state index contributed by atoms with van der Waals surface area (Å²) in [5.74, 6) is 0.239. The normalized spacial score (nSPS) is 12.6. The van der Waals surface area contributed by atoms with Crippen LogP contribution >= 0.6 is 0 Å². The van der Waals surface area contributed by atoms with Crippen LogP contribution in [0.5, 0.6) is 0 Å². The zero-order valence-electron chi connectivity index (χ0n) is 12.0. The predicted molar refractivity (Wildman–Crippen MR) is 76.8 cm³/mol. The van der Waals surface area contributed by atoms with Crippen LogP contribution in [0.3, 0.4) is 0 Å². The third-order valence-electron chi connectivity index (χ3n) is 3.27. The fraction of sp³-hybridized carbons (Fsp3) is 0.467. The Balaban J connectivity index is 2.00. The summed E-state index contributed by atoms with van der Waals surface area (Å²) < 4.78 is 14.7. The first-order valence-corrected chi connectivity index (χ1v) is 6.97. The van der Waals surface area contributed by atoms with Crippen molar-refractivity contribution in [3.8, 4) is 0 Å². The molecule has 20 heavy (non-hydrogen) atoms. The molecule has 2 aromatic rings. The molecule has 0 aliphatic rings. The van der Waals surface area contributed by atoms with Crippen molar-refractivity contribution in [3.05, 3.63) is 47.5 Å². The molecule has 1 aromatic heterocycles. The standard InChI is InChI=1S/C15H21FN4/c1-3-17-10-13(9-15-11-20(2)19-18-15)8-12-4-6-14(16)7-5-12/h4-7,11,13,17H,3,8-10H2,1-2H3. The van der Waals surface area contributed by atoms with Crippen LogP contribution in [0, 0.1) is 11.7 Å². The minimum atomic E-state index is -0.189. The van der Waals surface area contributed by atoms with E-state index in [0.29, 0.717) is 5.92 Å². The molecular weight excluding hydrogens is 255 g/mol. The Kier molecular flexibility index (Phi) is 5.24. The average Bonchev–Trinajstić information content (AvgIpc) is 2.84. The van der Waals surface area contributed by atoms with Crippen molar-refractivity contribution in [1.29, 1.82) is 0 Å². The fourth-order valence-corrected chi connectivity index (χ4v) is 2.30. The van der Waals surface area contributed by atoms with Gasteiger partial charge in [-0.2, -0.15) is 0 Å². The van der Waals surface area contributed by atoms with Crippen LogP contribution in [-0.4, -0.2) is 28.1 Å². The summed E-state index contributed by atoms with van der Waals surface area (Å²) in [6.45, 7) is 3.96. The summed E-state index contributed by atoms with van der Waals surface area (Å²) in [6.07, 6.45) is 3.73. The Morgan fingerprint density at radius 3 is 2.60 bits per heavy atom. The second-order valence-electron chi connectivity index (χ2n) is 5.09. The summed E-state index contributed by atoms with van der Waals surface area (Å²) >= 11 is 0. The molecule has 1 N–H and O–H groups in total. The zero-order valence-corrected chi connectivity index (χ0v) is 12.0. The van der Waals surface area contributed by atoms with Crippen LogP contribution in [0.4, 0.5) is 4.39 Å². The lowest BCUT2D eigenvalue weighted by atomic mass is 9.95. The molecular formula is C15H21FN4. The van der Waals surface area contributed by atoms with E-state index in [4.69, 9.17) is 0 Å². The average molecular weight is 276 g/mol. The number of aromatic nitrogens is 3. The van der Waals surface area contributed by atoms with E-state index in [-0.39, 0.29) is 5.82 Å². The van der Waals surface area contributed by atoms with Crippen molar-refractivity contribution in [2.45, 2.75) is 19.8 Å². The van der Waals surface area contributed by atoms with Crippen LogP contribution in [-0.2, 0) is 19.9 Å². The van der Waals surface area contributed by atoms with Gasteiger partial charge in [0.1, 0.15) is 5.82 Å². The SMILES string of the molecule is CCNCC(Cc1ccc(F)cc1)Cc1cn(C)nn1. The Morgan fingerprint density at radius 1 is 1.25 bits per heavy atom. The second kappa shape index (κ2) is 7.14. The maximum absolute atomic E-state index is 12.9. The Morgan fingerprint density at radius 2 is 2.00 bits per heavy atom. The number of rotatable bonds is 7. The van der Waals surface area contributed by atoms with Gasteiger partial charge in [0.2, 0.25) is 0 Å². The van der Waals surface area contributed by atoms with Gasteiger partial charge in [0.05, 0.1) is 5.69 Å². The number of halogens is 1. The smallest absolute Gasteiger partial charge is 0.123 e. The molecule has 0 saturated carbocycles. The fourth-order valence-electron chi connectivity index (χ4n) is 2.30. The number of hydrogen-bond donors (Lipinski definition) is 1. The Labute approximate surface area is 119 Å². The van der Waals surface area contributed by atoms with Gasteiger partial charge >= 0.3 is 0 Å². The third kappa shape index (κ3) is 4.42. The summed E-state index contributed by atoms with van der Waals surface area (Å²) in [4.78, 5) is 0. The number of aryl methyl sites for hydroxylation is 1. The lowest BCUT2D eigenvalue weighted by molar-refractivity contribution is 0.473. The molecule has 0 aliphatic heterocycles. The van der Waals surface area contributed by atoms with Gasteiger partial charge in [0.15, 0.2) is 0 Å². The van der Waals surface area contributed by atoms with E-state index >= 15 is 0 Å². The molecule has 1 unspecified atom stereocenters. The molecule has 2 rings (SSSR count). The van der Waals surface area contributed by atoms with Crippen LogP contribution in [0.2, 0.25) is 0 Å². The third-order valence-corrected chi connectivity index (χ3v) is 3.27. The van der Waals surface area contributed by atoms with Crippen molar-refractivity contribution in [3.63, 3.8) is 0 Å². The maximum Gasteiger partial charge on any atom is 0.123 e. The molecule has 0 fully saturated rings. The highest BCUT2D eigenvalue weighted by Crippen LogP contribution is 2.13. The highest BCUT2D eigenvalue weighted by Gasteiger charge is 2.12. The highest BCUT2D eigenvalue weighted by atomic mass is 19.1. The molecule has 5 heteroatoms. The molecule has 0 radical (unpaired) electrons. The molecule has 0 aliphatic carbocycles. The topological polar surface area (TPSA) is 42.7 Å². The van der Waals surface area contributed by atoms with Gasteiger partial charge in [-0.15, -0.1) is 5.10 Å². The number of hydrogen-bond acceptors (Lipinski definition) is 3. The molecule has 0 saturated heterocycles. The van der Waals surface area contributed by atoms with Crippen LogP contribution in [0.1, 0.15) is 18.2 Å². The largest absolute Gasteiger partial charge is 0.317 e. The van der Waals surface area contributed by atoms with E-state index in [1.165, 1.54) is 12.1 Å². The molecule has 0 spiro atoms. The van der Waals surface area contributed by atoms with E-state index in [1.807, 2.05) is 25.4 Å². The van der Waals surface area contributed by atoms with Crippen LogP contribution < -0.4 is 5.32 Å². The van der Waals surface area contributed by atoms with Crippen molar-refractivity contribution in [1.82, 2.24) is 20.3 Å². The summed E-state index contributed by atoms with van der Waals surface area (Å²) in [6, 6.07) is 6.74. The van der Waals surface area contributed by atoms with Gasteiger partial charge in [0, 0.05) is 13.2 Å². The van der Waals surface area contributed by atoms with Gasteiger partial charge in [-0.3, -0.25) is 4.68 Å². The van der Waals surface area contributed by atoms with Crippen LogP contribution in [0.15, 0.2) is 30.5 Å². The van der Waals surface area contributed by atoms with E-state index < -0.39 is 0 Å². The molecule has 0 bridgehead atoms. The minimum Gasteiger partial charge on any atom is -0.317 e. The summed E-state index contributed by atoms with van der Waals surface area (Å²) in [7, 11) is 1.87. The van der Waals surface area contributed by atoms with Gasteiger partial charge in [-0.25, -0.2) is 4.39 Å². The van der Waals surface area contributed by atoms with Gasteiger partial charge in [-0.05, 0) is 49.5 Å². The maximum atomic E-state index is 12.9. The van der Waals surface area contributed by atoms with Crippen molar-refractivity contribution in [2.75, 3.05) is 13.1 Å². The van der Waals surface area contributed by atoms with Gasteiger partial charge in [-0.1, -0.05) is 24.3 Å². The first kappa shape index (κ1) is 14.7. The summed E-state index contributed by atoms with van der Waals surface area (Å²) in [5.41, 5.74) is 2.15. The number of nitrogens with one attached hydrogen (secondary N) is 1. The van der Waals surface area contributed by atoms with Gasteiger partial charge in [0.25, 0.3) is 0 Å². The Hall–Kier alpha value is -1.75. The lowest BCUT2D eigenvalue weighted by Gasteiger charge is -2.16. The molecule has 1 atom stereocenters. The van der Waals surface area contributed by atoms with Crippen molar-refractivity contribution < 1.29 is 4.39 Å². The number of benzene rings is 1. The van der Waals surface area contributed by atoms with E-state index in [0.717, 1.165) is 37.2 Å². The highest BCUT2D eigenvalue weighted by molar-refractivity contribution is 5.17. The van der Waals surface area contributed by atoms with E-state index in [9.17, 15) is 4.39 Å². The molecule has 1 aromatic carbocycles. The predicted octanol–water partition coefficient (Wildman–Crippen LogP) is 1.97. The van der Waals surface area contributed by atoms with E-state index in [2.05, 4.69) is 22.6 Å². The van der Waals surface area contributed by atoms with Gasteiger partial charge < -0.3 is 5.32 Å². The second-order valence-corrected chi connectivity index (χ2v) is 5.09. The number of nitrogens with zero attached hydrogens (tertiary/aromatic N) is 3. The zero-order chi connectivity index (χ0) is 14.4. The minimum absolute atomic E-state index is 0.189. The molecule has 1 heterocycles. The monoisotopic (exact) mass is 276 g/mol. The molecule has 4 nitrogen and oxygen atoms in total. The summed E-state index contributed by atoms with van der Waals surface area (Å²) in [5, 5.41) is 11.5. The van der Waals surface area contributed by atoms with Crippen LogP contribution in [0.25, 0.3) is 0 Å². The van der Waals surface area contributed by atoms with Crippen molar-refractivity contribution >= 4 is 0 Å². The molecule has 0 amide bonds. The van der Waals surface area contributed by atoms with E-state index in [1.54, 1.807) is 4.68 Å². The lowest BCUT2D eigenvalue weighted by Crippen LogP contribution is -2.25. The first-order chi connectivity index (χ1) is 9.67. The quantitative estimate of drug-likeness (QED) is 0.840.